The van der Waals surface area contributed by atoms with Crippen LogP contribution in [0.1, 0.15) is 5.56 Å². The molecule has 0 spiro atoms. The topological polar surface area (TPSA) is 69.2 Å². The number of benzene rings is 3. The summed E-state index contributed by atoms with van der Waals surface area (Å²) >= 11 is 0. The van der Waals surface area contributed by atoms with Gasteiger partial charge >= 0.3 is 5.69 Å². The predicted molar refractivity (Wildman–Crippen MR) is 123 cm³/mol. The number of nitrogens with one attached hydrogen (secondary N) is 1. The number of furan rings is 1. The molecule has 0 aliphatic carbocycles. The van der Waals surface area contributed by atoms with Gasteiger partial charge in [0.05, 0.1) is 5.56 Å². The van der Waals surface area contributed by atoms with Crippen LogP contribution in [-0.4, -0.2) is 9.13 Å². The molecule has 5 rings (SSSR count). The molecule has 0 unspecified atom stereocenters. The number of anilines is 1. The summed E-state index contributed by atoms with van der Waals surface area (Å²) < 4.78 is 8.60. The molecular formula is C25H21N3O3. The second-order valence-corrected chi connectivity index (χ2v) is 7.56. The number of aryl methyl sites for hydroxylation is 1. The molecule has 0 bridgehead atoms. The molecule has 0 saturated carbocycles. The van der Waals surface area contributed by atoms with Crippen molar-refractivity contribution in [3.8, 4) is 11.1 Å². The Morgan fingerprint density at radius 3 is 2.35 bits per heavy atom. The minimum atomic E-state index is -0.426. The van der Waals surface area contributed by atoms with Crippen LogP contribution in [0, 0.1) is 0 Å². The first-order valence-electron chi connectivity index (χ1n) is 10.0. The van der Waals surface area contributed by atoms with E-state index >= 15 is 0 Å². The van der Waals surface area contributed by atoms with Gasteiger partial charge in [-0.2, -0.15) is 0 Å². The van der Waals surface area contributed by atoms with Gasteiger partial charge in [0.1, 0.15) is 5.39 Å². The Bertz CT molecular complexity index is 1540. The first-order chi connectivity index (χ1) is 15.1. The summed E-state index contributed by atoms with van der Waals surface area (Å²) in [4.78, 5) is 25.7. The number of rotatable bonds is 4. The van der Waals surface area contributed by atoms with Crippen molar-refractivity contribution in [3.05, 3.63) is 99.2 Å². The van der Waals surface area contributed by atoms with Crippen molar-refractivity contribution in [2.75, 3.05) is 5.32 Å². The summed E-state index contributed by atoms with van der Waals surface area (Å²) in [5, 5.41) is 5.80. The van der Waals surface area contributed by atoms with Crippen LogP contribution in [0.5, 0.6) is 0 Å². The van der Waals surface area contributed by atoms with Crippen LogP contribution >= 0.6 is 0 Å². The van der Waals surface area contributed by atoms with Crippen molar-refractivity contribution >= 4 is 27.8 Å². The average Bonchev–Trinajstić information content (AvgIpc) is 3.20. The third kappa shape index (κ3) is 3.04. The van der Waals surface area contributed by atoms with Crippen LogP contribution in [0.2, 0.25) is 0 Å². The SMILES string of the molecule is Cn1c(=O)c2c(-c3cccc4ccccc34)c(NCc3ccccc3)oc2n(C)c1=O. The molecular weight excluding hydrogens is 390 g/mol. The lowest BCUT2D eigenvalue weighted by atomic mass is 9.98. The standard InChI is InChI=1S/C25H21N3O3/c1-27-23(29)21-20(19-14-8-12-17-11-6-7-13-18(17)19)22(31-24(21)28(2)25(27)30)26-15-16-9-4-3-5-10-16/h3-14,26H,15H2,1-2H3. The van der Waals surface area contributed by atoms with E-state index in [2.05, 4.69) is 5.32 Å². The molecule has 5 aromatic rings. The molecule has 6 nitrogen and oxygen atoms in total. The van der Waals surface area contributed by atoms with Crippen LogP contribution in [0.4, 0.5) is 5.88 Å². The van der Waals surface area contributed by atoms with Crippen molar-refractivity contribution in [3.63, 3.8) is 0 Å². The first kappa shape index (κ1) is 18.9. The summed E-state index contributed by atoms with van der Waals surface area (Å²) in [6, 6.07) is 23.9. The fourth-order valence-electron chi connectivity index (χ4n) is 4.02. The molecule has 2 heterocycles. The van der Waals surface area contributed by atoms with Gasteiger partial charge in [-0.25, -0.2) is 4.79 Å². The molecule has 0 saturated heterocycles. The Morgan fingerprint density at radius 2 is 1.55 bits per heavy atom. The third-order valence-corrected chi connectivity index (χ3v) is 5.64. The van der Waals surface area contributed by atoms with Crippen molar-refractivity contribution in [2.24, 2.45) is 14.1 Å². The molecule has 2 aromatic heterocycles. The number of fused-ring (bicyclic) bond motifs is 2. The average molecular weight is 411 g/mol. The maximum atomic E-state index is 13.2. The second kappa shape index (κ2) is 7.32. The highest BCUT2D eigenvalue weighted by atomic mass is 16.4. The minimum Gasteiger partial charge on any atom is -0.423 e. The van der Waals surface area contributed by atoms with Gasteiger partial charge in [-0.3, -0.25) is 13.9 Å². The number of nitrogens with zero attached hydrogens (tertiary/aromatic N) is 2. The largest absolute Gasteiger partial charge is 0.423 e. The van der Waals surface area contributed by atoms with Crippen LogP contribution in [0.15, 0.2) is 86.8 Å². The highest BCUT2D eigenvalue weighted by molar-refractivity contribution is 6.07. The van der Waals surface area contributed by atoms with E-state index in [9.17, 15) is 9.59 Å². The van der Waals surface area contributed by atoms with E-state index in [0.717, 1.165) is 26.5 Å². The Labute approximate surface area is 178 Å². The zero-order chi connectivity index (χ0) is 21.5. The number of aromatic nitrogens is 2. The van der Waals surface area contributed by atoms with Crippen molar-refractivity contribution in [1.29, 1.82) is 0 Å². The van der Waals surface area contributed by atoms with Gasteiger partial charge in [-0.15, -0.1) is 0 Å². The van der Waals surface area contributed by atoms with Gasteiger partial charge in [0.2, 0.25) is 11.6 Å². The lowest BCUT2D eigenvalue weighted by Gasteiger charge is -2.09. The third-order valence-electron chi connectivity index (χ3n) is 5.64. The van der Waals surface area contributed by atoms with Gasteiger partial charge in [0.25, 0.3) is 5.56 Å². The monoisotopic (exact) mass is 411 g/mol. The van der Waals surface area contributed by atoms with Gasteiger partial charge < -0.3 is 9.73 Å². The summed E-state index contributed by atoms with van der Waals surface area (Å²) in [6.07, 6.45) is 0. The van der Waals surface area contributed by atoms with Crippen molar-refractivity contribution in [2.45, 2.75) is 6.54 Å². The van der Waals surface area contributed by atoms with Crippen LogP contribution in [0.3, 0.4) is 0 Å². The van der Waals surface area contributed by atoms with Gasteiger partial charge in [-0.05, 0) is 21.9 Å². The van der Waals surface area contributed by atoms with E-state index in [-0.39, 0.29) is 11.3 Å². The maximum Gasteiger partial charge on any atom is 0.333 e. The Kier molecular flexibility index (Phi) is 4.47. The van der Waals surface area contributed by atoms with E-state index < -0.39 is 5.69 Å². The lowest BCUT2D eigenvalue weighted by molar-refractivity contribution is 0.573. The van der Waals surface area contributed by atoms with Crippen LogP contribution in [0.25, 0.3) is 33.0 Å². The highest BCUT2D eigenvalue weighted by Crippen LogP contribution is 2.39. The highest BCUT2D eigenvalue weighted by Gasteiger charge is 2.24. The van der Waals surface area contributed by atoms with Crippen molar-refractivity contribution in [1.82, 2.24) is 9.13 Å². The van der Waals surface area contributed by atoms with E-state index in [1.54, 1.807) is 7.05 Å². The molecule has 0 radical (unpaired) electrons. The Hall–Kier alpha value is -4.06. The molecule has 31 heavy (non-hydrogen) atoms. The molecule has 0 aliphatic rings. The van der Waals surface area contributed by atoms with Crippen LogP contribution in [-0.2, 0) is 20.6 Å². The molecule has 154 valence electrons. The fraction of sp³-hybridized carbons (Fsp3) is 0.120. The van der Waals surface area contributed by atoms with E-state index in [4.69, 9.17) is 4.42 Å². The van der Waals surface area contributed by atoms with E-state index in [0.29, 0.717) is 23.4 Å². The van der Waals surface area contributed by atoms with E-state index in [1.807, 2.05) is 72.8 Å². The fourth-order valence-corrected chi connectivity index (χ4v) is 4.02. The second-order valence-electron chi connectivity index (χ2n) is 7.56. The molecule has 6 heteroatoms. The summed E-state index contributed by atoms with van der Waals surface area (Å²) in [5.41, 5.74) is 2.07. The molecule has 1 N–H and O–H groups in total. The van der Waals surface area contributed by atoms with Gasteiger partial charge in [-0.1, -0.05) is 72.8 Å². The quantitative estimate of drug-likeness (QED) is 0.480. The zero-order valence-corrected chi connectivity index (χ0v) is 17.3. The first-order valence-corrected chi connectivity index (χ1v) is 10.0. The molecule has 0 fully saturated rings. The van der Waals surface area contributed by atoms with Crippen LogP contribution < -0.4 is 16.6 Å². The van der Waals surface area contributed by atoms with E-state index in [1.165, 1.54) is 11.6 Å². The molecule has 0 atom stereocenters. The summed E-state index contributed by atoms with van der Waals surface area (Å²) in [6.45, 7) is 0.521. The Morgan fingerprint density at radius 1 is 0.839 bits per heavy atom. The summed E-state index contributed by atoms with van der Waals surface area (Å²) in [7, 11) is 3.10. The maximum absolute atomic E-state index is 13.2. The van der Waals surface area contributed by atoms with Gasteiger partial charge in [0, 0.05) is 20.6 Å². The molecule has 0 aliphatic heterocycles. The lowest BCUT2D eigenvalue weighted by Crippen LogP contribution is -2.36. The number of hydrogen-bond acceptors (Lipinski definition) is 4. The predicted octanol–water partition coefficient (Wildman–Crippen LogP) is 4.26. The zero-order valence-electron chi connectivity index (χ0n) is 17.3. The smallest absolute Gasteiger partial charge is 0.333 e. The van der Waals surface area contributed by atoms with Crippen molar-refractivity contribution < 1.29 is 4.42 Å². The molecule has 3 aromatic carbocycles. The minimum absolute atomic E-state index is 0.256. The number of hydrogen-bond donors (Lipinski definition) is 1. The van der Waals surface area contributed by atoms with Gasteiger partial charge in [0.15, 0.2) is 0 Å². The summed E-state index contributed by atoms with van der Waals surface area (Å²) in [5.74, 6) is 0.466. The normalized spacial score (nSPS) is 11.3. The molecule has 0 amide bonds. The Balaban J connectivity index is 1.82.